The lowest BCUT2D eigenvalue weighted by atomic mass is 9.85. The number of nitrogens with zero attached hydrogens (tertiary/aromatic N) is 4. The molecule has 4 rings (SSSR count). The van der Waals surface area contributed by atoms with Gasteiger partial charge in [-0.15, -0.1) is 5.10 Å². The number of alkyl halides is 6. The van der Waals surface area contributed by atoms with E-state index in [4.69, 9.17) is 0 Å². The number of ether oxygens (including phenoxy) is 2. The minimum absolute atomic E-state index is 0.0803. The van der Waals surface area contributed by atoms with Crippen LogP contribution >= 0.6 is 0 Å². The Balaban J connectivity index is 1.70. The second-order valence-corrected chi connectivity index (χ2v) is 11.1. The molecular formula is C27H26F6N6O6. The predicted molar refractivity (Wildman–Crippen MR) is 144 cm³/mol. The Labute approximate surface area is 250 Å². The summed E-state index contributed by atoms with van der Waals surface area (Å²) in [6.45, 7) is 6.79. The van der Waals surface area contributed by atoms with Crippen LogP contribution in [-0.2, 0) is 19.8 Å². The first kappa shape index (κ1) is 33.0. The normalized spacial score (nSPS) is 15.6. The minimum Gasteiger partial charge on any atom is -0.416 e. The first-order valence-electron chi connectivity index (χ1n) is 13.2. The standard InChI is InChI=1S/C27H26F6N6O6/c1-13(40)34-14-9-10-38(11-14)19-8-7-18-35-17(12-39(18)37-19)36-22(41)15-5-6-16(25(2,3)4)21(45-24(43)27(31,32)33)20(15)44-23(42)26(28,29)30/h5-8,12,14H,9-11H2,1-4H3,(H,34,40)(H,36,41). The molecule has 45 heavy (non-hydrogen) atoms. The summed E-state index contributed by atoms with van der Waals surface area (Å²) < 4.78 is 88.9. The molecule has 0 saturated carbocycles. The fourth-order valence-electron chi connectivity index (χ4n) is 4.49. The third kappa shape index (κ3) is 7.61. The minimum atomic E-state index is -5.63. The molecule has 1 unspecified atom stereocenters. The monoisotopic (exact) mass is 644 g/mol. The number of nitrogens with one attached hydrogen (secondary N) is 2. The smallest absolute Gasteiger partial charge is 0.416 e. The van der Waals surface area contributed by atoms with E-state index in [9.17, 15) is 45.5 Å². The highest BCUT2D eigenvalue weighted by Crippen LogP contribution is 2.43. The summed E-state index contributed by atoms with van der Waals surface area (Å²) >= 11 is 0. The topological polar surface area (TPSA) is 144 Å². The van der Waals surface area contributed by atoms with E-state index in [-0.39, 0.29) is 29.0 Å². The molecule has 1 saturated heterocycles. The van der Waals surface area contributed by atoms with Crippen molar-refractivity contribution in [2.24, 2.45) is 0 Å². The summed E-state index contributed by atoms with van der Waals surface area (Å²) in [5.41, 5.74) is -2.07. The zero-order valence-electron chi connectivity index (χ0n) is 24.1. The molecule has 1 fully saturated rings. The number of benzene rings is 1. The van der Waals surface area contributed by atoms with Crippen LogP contribution < -0.4 is 25.0 Å². The van der Waals surface area contributed by atoms with Gasteiger partial charge in [0.1, 0.15) is 5.82 Å². The number of esters is 2. The number of carbonyl (C=O) groups is 4. The SMILES string of the molecule is CC(=O)NC1CCN(c2ccc3nc(NC(=O)c4ccc(C(C)(C)C)c(OC(=O)C(F)(F)F)c4OC(=O)C(F)(F)F)cn3n2)C1. The molecule has 0 bridgehead atoms. The maximum atomic E-state index is 13.3. The molecule has 1 atom stereocenters. The van der Waals surface area contributed by atoms with Gasteiger partial charge in [0.2, 0.25) is 5.91 Å². The van der Waals surface area contributed by atoms with Crippen molar-refractivity contribution in [2.75, 3.05) is 23.3 Å². The van der Waals surface area contributed by atoms with Crippen LogP contribution in [0, 0.1) is 0 Å². The molecule has 1 aliphatic heterocycles. The van der Waals surface area contributed by atoms with Crippen molar-refractivity contribution in [3.05, 3.63) is 41.6 Å². The highest BCUT2D eigenvalue weighted by Gasteiger charge is 2.45. The quantitative estimate of drug-likeness (QED) is 0.232. The first-order chi connectivity index (χ1) is 20.7. The third-order valence-corrected chi connectivity index (χ3v) is 6.48. The van der Waals surface area contributed by atoms with E-state index in [1.165, 1.54) is 38.4 Å². The van der Waals surface area contributed by atoms with Gasteiger partial charge in [0.15, 0.2) is 23.0 Å². The summed E-state index contributed by atoms with van der Waals surface area (Å²) in [6, 6.07) is 5.09. The van der Waals surface area contributed by atoms with Gasteiger partial charge in [-0.2, -0.15) is 26.3 Å². The summed E-state index contributed by atoms with van der Waals surface area (Å²) in [5, 5.41) is 9.53. The van der Waals surface area contributed by atoms with E-state index in [0.717, 1.165) is 12.1 Å². The van der Waals surface area contributed by atoms with Crippen LogP contribution in [0.15, 0.2) is 30.5 Å². The van der Waals surface area contributed by atoms with Crippen molar-refractivity contribution < 1.29 is 55.0 Å². The summed E-state index contributed by atoms with van der Waals surface area (Å²) in [4.78, 5) is 54.3. The lowest BCUT2D eigenvalue weighted by Gasteiger charge is -2.25. The maximum absolute atomic E-state index is 13.3. The summed E-state index contributed by atoms with van der Waals surface area (Å²) in [5.74, 6) is -9.34. The number of carbonyl (C=O) groups excluding carboxylic acids is 4. The number of imidazole rings is 1. The highest BCUT2D eigenvalue weighted by atomic mass is 19.4. The van der Waals surface area contributed by atoms with Crippen molar-refractivity contribution in [1.82, 2.24) is 19.9 Å². The van der Waals surface area contributed by atoms with Crippen LogP contribution in [0.3, 0.4) is 0 Å². The Bertz CT molecular complexity index is 1660. The molecule has 0 spiro atoms. The van der Waals surface area contributed by atoms with Crippen molar-refractivity contribution in [3.63, 3.8) is 0 Å². The van der Waals surface area contributed by atoms with Crippen molar-refractivity contribution in [2.45, 2.75) is 57.9 Å². The van der Waals surface area contributed by atoms with E-state index in [2.05, 4.69) is 30.2 Å². The zero-order chi connectivity index (χ0) is 33.5. The number of aromatic nitrogens is 3. The molecule has 1 aromatic carbocycles. The summed E-state index contributed by atoms with van der Waals surface area (Å²) in [7, 11) is 0. The molecule has 0 radical (unpaired) electrons. The summed E-state index contributed by atoms with van der Waals surface area (Å²) in [6.07, 6.45) is -9.27. The number of amides is 2. The van der Waals surface area contributed by atoms with Crippen LogP contribution in [0.25, 0.3) is 5.65 Å². The van der Waals surface area contributed by atoms with Gasteiger partial charge in [-0.3, -0.25) is 9.59 Å². The van der Waals surface area contributed by atoms with Crippen LogP contribution in [0.1, 0.15) is 50.0 Å². The third-order valence-electron chi connectivity index (χ3n) is 6.48. The van der Waals surface area contributed by atoms with Gasteiger partial charge in [-0.25, -0.2) is 19.1 Å². The van der Waals surface area contributed by atoms with Crippen LogP contribution in [0.4, 0.5) is 38.0 Å². The lowest BCUT2D eigenvalue weighted by molar-refractivity contribution is -0.191. The van der Waals surface area contributed by atoms with Crippen molar-refractivity contribution >= 4 is 41.0 Å². The van der Waals surface area contributed by atoms with Crippen molar-refractivity contribution in [1.29, 1.82) is 0 Å². The molecular weight excluding hydrogens is 618 g/mol. The number of halogens is 6. The van der Waals surface area contributed by atoms with E-state index < -0.39 is 52.7 Å². The zero-order valence-corrected chi connectivity index (χ0v) is 24.1. The van der Waals surface area contributed by atoms with Crippen LogP contribution in [0.5, 0.6) is 11.5 Å². The molecule has 3 aromatic rings. The Hall–Kier alpha value is -4.90. The molecule has 3 heterocycles. The molecule has 2 N–H and O–H groups in total. The number of rotatable bonds is 6. The molecule has 18 heteroatoms. The highest BCUT2D eigenvalue weighted by molar-refractivity contribution is 6.07. The van der Waals surface area contributed by atoms with Gasteiger partial charge in [-0.05, 0) is 30.0 Å². The molecule has 0 aliphatic carbocycles. The van der Waals surface area contributed by atoms with Crippen LogP contribution in [0.2, 0.25) is 0 Å². The second-order valence-electron chi connectivity index (χ2n) is 11.1. The van der Waals surface area contributed by atoms with Gasteiger partial charge < -0.3 is 25.0 Å². The fraction of sp³-hybridized carbons (Fsp3) is 0.407. The average Bonchev–Trinajstić information content (AvgIpc) is 3.52. The van der Waals surface area contributed by atoms with Gasteiger partial charge in [0.25, 0.3) is 5.91 Å². The van der Waals surface area contributed by atoms with Crippen molar-refractivity contribution in [3.8, 4) is 11.5 Å². The fourth-order valence-corrected chi connectivity index (χ4v) is 4.49. The maximum Gasteiger partial charge on any atom is 0.491 e. The number of hydrogen-bond acceptors (Lipinski definition) is 9. The van der Waals surface area contributed by atoms with Gasteiger partial charge >= 0.3 is 24.3 Å². The number of hydrogen-bond donors (Lipinski definition) is 2. The predicted octanol–water partition coefficient (Wildman–Crippen LogP) is 3.93. The molecule has 12 nitrogen and oxygen atoms in total. The van der Waals surface area contributed by atoms with E-state index >= 15 is 0 Å². The number of anilines is 2. The van der Waals surface area contributed by atoms with Crippen LogP contribution in [-0.4, -0.2) is 69.8 Å². The Morgan fingerprint density at radius 1 is 0.911 bits per heavy atom. The molecule has 2 aromatic heterocycles. The molecule has 2 amide bonds. The Morgan fingerprint density at radius 3 is 2.11 bits per heavy atom. The van der Waals surface area contributed by atoms with E-state index in [1.54, 1.807) is 12.1 Å². The average molecular weight is 645 g/mol. The largest absolute Gasteiger partial charge is 0.491 e. The first-order valence-corrected chi connectivity index (χ1v) is 13.2. The molecule has 242 valence electrons. The number of fused-ring (bicyclic) bond motifs is 1. The second kappa shape index (κ2) is 11.9. The van der Waals surface area contributed by atoms with E-state index in [0.29, 0.717) is 25.3 Å². The lowest BCUT2D eigenvalue weighted by Crippen LogP contribution is -2.35. The Morgan fingerprint density at radius 2 is 1.53 bits per heavy atom. The van der Waals surface area contributed by atoms with Gasteiger partial charge in [-0.1, -0.05) is 26.8 Å². The van der Waals surface area contributed by atoms with Gasteiger partial charge in [0.05, 0.1) is 11.8 Å². The Kier molecular flexibility index (Phi) is 8.72. The van der Waals surface area contributed by atoms with E-state index in [1.807, 2.05) is 4.90 Å². The van der Waals surface area contributed by atoms with Gasteiger partial charge in [0, 0.05) is 31.6 Å². The molecule has 1 aliphatic rings.